The zero-order chi connectivity index (χ0) is 13.2. The third kappa shape index (κ3) is 2.27. The van der Waals surface area contributed by atoms with Gasteiger partial charge in [-0.15, -0.1) is 0 Å². The van der Waals surface area contributed by atoms with Crippen LogP contribution in [0.3, 0.4) is 0 Å². The Bertz CT molecular complexity index is 700. The quantitative estimate of drug-likeness (QED) is 0.748. The van der Waals surface area contributed by atoms with Gasteiger partial charge in [0.05, 0.1) is 17.1 Å². The van der Waals surface area contributed by atoms with Crippen molar-refractivity contribution < 1.29 is 4.79 Å². The van der Waals surface area contributed by atoms with Crippen molar-refractivity contribution in [2.24, 2.45) is 0 Å². The lowest BCUT2D eigenvalue weighted by Gasteiger charge is -2.13. The molecule has 96 valence electrons. The summed E-state index contributed by atoms with van der Waals surface area (Å²) in [6.45, 7) is 1.99. The van der Waals surface area contributed by atoms with Gasteiger partial charge >= 0.3 is 0 Å². The Morgan fingerprint density at radius 1 is 1.32 bits per heavy atom. The summed E-state index contributed by atoms with van der Waals surface area (Å²) in [5.74, 6) is -0.0493. The first-order valence-electron chi connectivity index (χ1n) is 6.15. The third-order valence-electron chi connectivity index (χ3n) is 3.22. The van der Waals surface area contributed by atoms with Crippen molar-refractivity contribution in [1.29, 1.82) is 0 Å². The summed E-state index contributed by atoms with van der Waals surface area (Å²) in [5, 5.41) is 8.15. The van der Waals surface area contributed by atoms with E-state index >= 15 is 0 Å². The van der Waals surface area contributed by atoms with E-state index in [0.29, 0.717) is 5.56 Å². The second-order valence-corrected chi connectivity index (χ2v) is 5.28. The van der Waals surface area contributed by atoms with E-state index in [4.69, 9.17) is 0 Å². The van der Waals surface area contributed by atoms with Crippen LogP contribution in [0.25, 0.3) is 10.9 Å². The van der Waals surface area contributed by atoms with Gasteiger partial charge in [-0.3, -0.25) is 4.79 Å². The maximum atomic E-state index is 12.3. The molecule has 0 aliphatic heterocycles. The number of carbonyl (C=O) groups is 1. The molecule has 0 aliphatic carbocycles. The van der Waals surface area contributed by atoms with E-state index in [0.717, 1.165) is 16.5 Å². The molecule has 0 radical (unpaired) electrons. The van der Waals surface area contributed by atoms with E-state index in [2.05, 4.69) is 15.7 Å². The molecule has 1 atom stereocenters. The van der Waals surface area contributed by atoms with Crippen LogP contribution in [-0.4, -0.2) is 10.9 Å². The smallest absolute Gasteiger partial charge is 0.253 e. The minimum absolute atomic E-state index is 0.0176. The largest absolute Gasteiger partial charge is 0.361 e. The van der Waals surface area contributed by atoms with Gasteiger partial charge in [-0.2, -0.15) is 11.3 Å². The van der Waals surface area contributed by atoms with Crippen LogP contribution in [0.4, 0.5) is 0 Å². The topological polar surface area (TPSA) is 44.9 Å². The number of benzene rings is 1. The molecule has 0 spiro atoms. The fraction of sp³-hybridized carbons (Fsp3) is 0.133. The average molecular weight is 270 g/mol. The molecule has 3 nitrogen and oxygen atoms in total. The van der Waals surface area contributed by atoms with Crippen LogP contribution >= 0.6 is 11.3 Å². The van der Waals surface area contributed by atoms with Crippen molar-refractivity contribution >= 4 is 28.1 Å². The van der Waals surface area contributed by atoms with Gasteiger partial charge in [-0.1, -0.05) is 12.1 Å². The average Bonchev–Trinajstić information content (AvgIpc) is 3.08. The molecule has 3 aromatic rings. The fourth-order valence-electron chi connectivity index (χ4n) is 2.15. The van der Waals surface area contributed by atoms with Crippen molar-refractivity contribution in [3.05, 3.63) is 58.4 Å². The fourth-order valence-corrected chi connectivity index (χ4v) is 2.91. The number of amides is 1. The Labute approximate surface area is 115 Å². The number of aromatic nitrogens is 1. The van der Waals surface area contributed by atoms with Crippen molar-refractivity contribution in [3.63, 3.8) is 0 Å². The summed E-state index contributed by atoms with van der Waals surface area (Å²) in [6, 6.07) is 9.75. The number of H-pyrrole nitrogens is 1. The lowest BCUT2D eigenvalue weighted by molar-refractivity contribution is 0.0941. The first kappa shape index (κ1) is 12.0. The number of aromatic amines is 1. The number of hydrogen-bond acceptors (Lipinski definition) is 2. The van der Waals surface area contributed by atoms with Gasteiger partial charge < -0.3 is 10.3 Å². The predicted molar refractivity (Wildman–Crippen MR) is 78.5 cm³/mol. The minimum Gasteiger partial charge on any atom is -0.361 e. The Kier molecular flexibility index (Phi) is 3.09. The molecule has 4 heteroatoms. The van der Waals surface area contributed by atoms with Gasteiger partial charge in [-0.25, -0.2) is 0 Å². The van der Waals surface area contributed by atoms with Crippen molar-refractivity contribution in [1.82, 2.24) is 10.3 Å². The highest BCUT2D eigenvalue weighted by Crippen LogP contribution is 2.19. The maximum absolute atomic E-state index is 12.3. The lowest BCUT2D eigenvalue weighted by atomic mass is 10.1. The molecule has 0 aliphatic rings. The van der Waals surface area contributed by atoms with E-state index in [9.17, 15) is 4.79 Å². The van der Waals surface area contributed by atoms with Gasteiger partial charge in [0, 0.05) is 11.6 Å². The van der Waals surface area contributed by atoms with Crippen LogP contribution in [0.2, 0.25) is 0 Å². The molecule has 0 bridgehead atoms. The number of rotatable bonds is 3. The predicted octanol–water partition coefficient (Wildman–Crippen LogP) is 3.72. The highest BCUT2D eigenvalue weighted by Gasteiger charge is 2.14. The van der Waals surface area contributed by atoms with Gasteiger partial charge in [-0.05, 0) is 41.4 Å². The first-order valence-corrected chi connectivity index (χ1v) is 7.09. The Balaban J connectivity index is 1.86. The second kappa shape index (κ2) is 4.90. The molecule has 0 saturated heterocycles. The zero-order valence-corrected chi connectivity index (χ0v) is 11.3. The molecule has 0 fully saturated rings. The van der Waals surface area contributed by atoms with Crippen LogP contribution in [0.15, 0.2) is 47.3 Å². The van der Waals surface area contributed by atoms with E-state index in [1.165, 1.54) is 0 Å². The summed E-state index contributed by atoms with van der Waals surface area (Å²) >= 11 is 1.64. The van der Waals surface area contributed by atoms with E-state index in [1.54, 1.807) is 11.3 Å². The number of carbonyl (C=O) groups excluding carboxylic acids is 1. The molecule has 1 aromatic carbocycles. The maximum Gasteiger partial charge on any atom is 0.253 e. The Hall–Kier alpha value is -2.07. The van der Waals surface area contributed by atoms with Gasteiger partial charge in [0.15, 0.2) is 0 Å². The van der Waals surface area contributed by atoms with Crippen LogP contribution in [-0.2, 0) is 0 Å². The van der Waals surface area contributed by atoms with Crippen LogP contribution < -0.4 is 5.32 Å². The summed E-state index contributed by atoms with van der Waals surface area (Å²) in [6.07, 6.45) is 1.85. The number of para-hydroxylation sites is 1. The minimum atomic E-state index is -0.0493. The van der Waals surface area contributed by atoms with Crippen LogP contribution in [0.5, 0.6) is 0 Å². The monoisotopic (exact) mass is 270 g/mol. The molecule has 2 heterocycles. The van der Waals surface area contributed by atoms with Gasteiger partial charge in [0.1, 0.15) is 0 Å². The molecule has 1 amide bonds. The van der Waals surface area contributed by atoms with Gasteiger partial charge in [0.2, 0.25) is 0 Å². The number of hydrogen-bond donors (Lipinski definition) is 2. The van der Waals surface area contributed by atoms with E-state index in [-0.39, 0.29) is 11.9 Å². The standard InChI is InChI=1S/C15H14N2OS/c1-10(12-6-8-19-9-12)17-15(18)13-4-2-3-11-5-7-16-14(11)13/h2-10,16H,1H3,(H,17,18). The zero-order valence-electron chi connectivity index (χ0n) is 10.5. The SMILES string of the molecule is CC(NC(=O)c1cccc2cc[nH]c12)c1ccsc1. The number of nitrogens with one attached hydrogen (secondary N) is 2. The third-order valence-corrected chi connectivity index (χ3v) is 3.92. The normalized spacial score (nSPS) is 12.5. The first-order chi connectivity index (χ1) is 9.25. The summed E-state index contributed by atoms with van der Waals surface area (Å²) in [5.41, 5.74) is 2.71. The summed E-state index contributed by atoms with van der Waals surface area (Å²) in [7, 11) is 0. The Morgan fingerprint density at radius 2 is 2.21 bits per heavy atom. The van der Waals surface area contributed by atoms with E-state index in [1.807, 2.05) is 48.8 Å². The second-order valence-electron chi connectivity index (χ2n) is 4.50. The molecule has 1 unspecified atom stereocenters. The lowest BCUT2D eigenvalue weighted by Crippen LogP contribution is -2.26. The number of fused-ring (bicyclic) bond motifs is 1. The molecule has 19 heavy (non-hydrogen) atoms. The molecule has 2 aromatic heterocycles. The van der Waals surface area contributed by atoms with Crippen molar-refractivity contribution in [2.75, 3.05) is 0 Å². The Morgan fingerprint density at radius 3 is 3.00 bits per heavy atom. The van der Waals surface area contributed by atoms with Crippen LogP contribution in [0, 0.1) is 0 Å². The summed E-state index contributed by atoms with van der Waals surface area (Å²) in [4.78, 5) is 15.5. The highest BCUT2D eigenvalue weighted by atomic mass is 32.1. The van der Waals surface area contributed by atoms with Gasteiger partial charge in [0.25, 0.3) is 5.91 Å². The molecule has 0 saturated carbocycles. The number of thiophene rings is 1. The molecule has 3 rings (SSSR count). The van der Waals surface area contributed by atoms with Crippen molar-refractivity contribution in [3.8, 4) is 0 Å². The molecule has 2 N–H and O–H groups in total. The summed E-state index contributed by atoms with van der Waals surface area (Å²) < 4.78 is 0. The van der Waals surface area contributed by atoms with Crippen LogP contribution in [0.1, 0.15) is 28.9 Å². The molecular formula is C15H14N2OS. The molecular weight excluding hydrogens is 256 g/mol. The van der Waals surface area contributed by atoms with Crippen molar-refractivity contribution in [2.45, 2.75) is 13.0 Å². The highest BCUT2D eigenvalue weighted by molar-refractivity contribution is 7.07. The van der Waals surface area contributed by atoms with E-state index < -0.39 is 0 Å².